The second kappa shape index (κ2) is 17.2. The Kier molecular flexibility index (Phi) is 13.0. The summed E-state index contributed by atoms with van der Waals surface area (Å²) in [4.78, 5) is 53.3. The van der Waals surface area contributed by atoms with E-state index in [1.807, 2.05) is 0 Å². The Labute approximate surface area is 296 Å². The molecule has 272 valence electrons. The van der Waals surface area contributed by atoms with E-state index < -0.39 is 33.8 Å². The Hall–Kier alpha value is -5.12. The smallest absolute Gasteiger partial charge is 0.333 e. The van der Waals surface area contributed by atoms with Crippen molar-refractivity contribution in [2.45, 2.75) is 64.2 Å². The van der Waals surface area contributed by atoms with Gasteiger partial charge in [-0.2, -0.15) is 0 Å². The maximum Gasteiger partial charge on any atom is 0.333 e. The Morgan fingerprint density at radius 2 is 1.63 bits per heavy atom. The number of aromatic carboxylic acids is 1. The second-order valence-electron chi connectivity index (χ2n) is 11.9. The topological polar surface area (TPSA) is 217 Å². The largest absolute Gasteiger partial charge is 0.545 e. The number of hydrogen-bond donors (Lipinski definition) is 4. The number of hydroxylamine groups is 2. The molecule has 5 N–H and O–H groups in total. The number of carboxylic acids is 1. The van der Waals surface area contributed by atoms with Crippen LogP contribution in [-0.2, 0) is 29.2 Å². The van der Waals surface area contributed by atoms with Gasteiger partial charge in [0.2, 0.25) is 10.0 Å². The number of nitrogens with two attached hydrogens (primary N) is 1. The van der Waals surface area contributed by atoms with Crippen molar-refractivity contribution in [1.82, 2.24) is 9.79 Å². The number of rotatable bonds is 14. The Bertz CT molecular complexity index is 2040. The molecular weight excluding hydrogens is 678 g/mol. The molecule has 1 aliphatic carbocycles. The minimum absolute atomic E-state index is 0.00331. The third-order valence-corrected chi connectivity index (χ3v) is 10.2. The van der Waals surface area contributed by atoms with Crippen molar-refractivity contribution < 1.29 is 46.9 Å². The molecule has 51 heavy (non-hydrogen) atoms. The summed E-state index contributed by atoms with van der Waals surface area (Å²) in [6.07, 6.45) is 1.01. The first-order valence-corrected chi connectivity index (χ1v) is 18.3. The number of fused-ring (bicyclic) bond motifs is 2. The quantitative estimate of drug-likeness (QED) is 0.0643. The maximum atomic E-state index is 13.6. The van der Waals surface area contributed by atoms with Gasteiger partial charge in [-0.1, -0.05) is 30.7 Å². The lowest BCUT2D eigenvalue weighted by molar-refractivity contribution is -0.894. The molecule has 1 saturated heterocycles. The lowest BCUT2D eigenvalue weighted by atomic mass is 9.90. The van der Waals surface area contributed by atoms with Crippen LogP contribution >= 0.6 is 0 Å². The summed E-state index contributed by atoms with van der Waals surface area (Å²) in [7, 11) is -4.27. The average molecular weight is 722 g/mol. The number of nitrogens with one attached hydrogen (secondary N) is 3. The van der Waals surface area contributed by atoms with Crippen LogP contribution < -0.4 is 25.8 Å². The molecule has 3 aliphatic rings. The van der Waals surface area contributed by atoms with Crippen molar-refractivity contribution in [2.24, 2.45) is 0 Å². The molecule has 2 aromatic carbocycles. The zero-order chi connectivity index (χ0) is 37.3. The van der Waals surface area contributed by atoms with Gasteiger partial charge in [-0.05, 0) is 63.4 Å². The van der Waals surface area contributed by atoms with Gasteiger partial charge in [-0.15, -0.1) is 5.06 Å². The third-order valence-electron chi connectivity index (χ3n) is 8.61. The Morgan fingerprint density at radius 1 is 0.961 bits per heavy atom. The highest BCUT2D eigenvalue weighted by Crippen LogP contribution is 2.43. The summed E-state index contributed by atoms with van der Waals surface area (Å²) in [5.74, 6) is -3.14. The fourth-order valence-electron chi connectivity index (χ4n) is 5.80. The first-order valence-electron chi connectivity index (χ1n) is 16.9. The van der Waals surface area contributed by atoms with E-state index in [-0.39, 0.29) is 69.6 Å². The predicted octanol–water partition coefficient (Wildman–Crippen LogP) is 2.01. The van der Waals surface area contributed by atoms with E-state index in [9.17, 15) is 32.7 Å². The molecule has 2 heterocycles. The van der Waals surface area contributed by atoms with E-state index in [1.165, 1.54) is 43.9 Å². The van der Waals surface area contributed by atoms with Crippen LogP contribution in [0.2, 0.25) is 0 Å². The molecule has 0 radical (unpaired) electrons. The predicted molar refractivity (Wildman–Crippen MR) is 186 cm³/mol. The fraction of sp³-hybridized carbons (Fsp3) is 0.361. The zero-order valence-electron chi connectivity index (χ0n) is 28.9. The van der Waals surface area contributed by atoms with Gasteiger partial charge in [-0.25, -0.2) is 17.9 Å². The number of benzene rings is 3. The minimum atomic E-state index is -4.27. The number of quaternary nitrogens is 1. The van der Waals surface area contributed by atoms with Gasteiger partial charge < -0.3 is 35.2 Å². The van der Waals surface area contributed by atoms with Gasteiger partial charge in [0.1, 0.15) is 10.7 Å². The van der Waals surface area contributed by atoms with Crippen LogP contribution in [0.5, 0.6) is 0 Å². The number of carbonyl (C=O) groups excluding carboxylic acids is 4. The number of nitrogens with zero attached hydrogens (tertiary/aromatic N) is 1. The van der Waals surface area contributed by atoms with Gasteiger partial charge in [0, 0.05) is 54.0 Å². The summed E-state index contributed by atoms with van der Waals surface area (Å²) in [6.45, 7) is 10.5. The molecule has 14 nitrogen and oxygen atoms in total. The first kappa shape index (κ1) is 38.7. The van der Waals surface area contributed by atoms with Gasteiger partial charge in [0.25, 0.3) is 11.8 Å². The molecule has 0 unspecified atom stereocenters. The van der Waals surface area contributed by atoms with E-state index >= 15 is 0 Å². The van der Waals surface area contributed by atoms with Crippen molar-refractivity contribution in [2.75, 3.05) is 31.9 Å². The molecule has 0 spiro atoms. The molecule has 5 rings (SSSR count). The lowest BCUT2D eigenvalue weighted by Gasteiger charge is -2.20. The number of nitrogen functional groups attached to an aromatic ring is 1. The highest BCUT2D eigenvalue weighted by atomic mass is 32.2. The van der Waals surface area contributed by atoms with Crippen LogP contribution in [0.3, 0.4) is 0 Å². The molecule has 1 fully saturated rings. The Balaban J connectivity index is 0.000000755. The van der Waals surface area contributed by atoms with E-state index in [2.05, 4.69) is 25.5 Å². The summed E-state index contributed by atoms with van der Waals surface area (Å²) in [5, 5.41) is 20.9. The number of sulfonamides is 1. The molecule has 2 aromatic rings. The lowest BCUT2D eigenvalue weighted by Crippen LogP contribution is -3.11. The second-order valence-corrected chi connectivity index (χ2v) is 13.6. The van der Waals surface area contributed by atoms with Crippen molar-refractivity contribution in [3.8, 4) is 22.5 Å². The average Bonchev–Trinajstić information content (AvgIpc) is 3.41. The van der Waals surface area contributed by atoms with E-state index in [0.29, 0.717) is 35.5 Å². The fourth-order valence-corrected chi connectivity index (χ4v) is 7.13. The van der Waals surface area contributed by atoms with Crippen molar-refractivity contribution in [1.29, 1.82) is 5.41 Å². The molecule has 0 atom stereocenters. The number of unbranched alkanes of at least 4 members (excludes halogenated alkanes) is 2. The molecule has 2 aliphatic heterocycles. The van der Waals surface area contributed by atoms with Gasteiger partial charge in [0.05, 0.1) is 36.6 Å². The van der Waals surface area contributed by atoms with E-state index in [1.54, 1.807) is 35.2 Å². The third kappa shape index (κ3) is 9.17. The normalized spacial score (nSPS) is 13.1. The Morgan fingerprint density at radius 3 is 2.25 bits per heavy atom. The molecule has 0 bridgehead atoms. The van der Waals surface area contributed by atoms with Crippen LogP contribution in [0.1, 0.15) is 69.7 Å². The standard InChI is InChI=1S/C30H28N4O9S.C6H15N/c31-17-9-10-20-23(16-17)42-28-21(27(20)18-6-3-4-7-19(18)30(38)39)11-12-22(32)29(28)44(40,41)33-15-5-1-2-8-26(37)43-34-24(35)13-14-25(34)36;1-4-7(5-2)6-3/h3-4,6-7,9-12,16,31,33H,1-2,5,8,13-15,32H2,(H,38,39);4-6H2,1-3H3. The number of anilines is 1. The summed E-state index contributed by atoms with van der Waals surface area (Å²) < 4.78 is 35.6. The van der Waals surface area contributed by atoms with Gasteiger partial charge in [-0.3, -0.25) is 9.59 Å². The number of amides is 2. The van der Waals surface area contributed by atoms with Crippen LogP contribution in [-0.4, -0.2) is 63.4 Å². The summed E-state index contributed by atoms with van der Waals surface area (Å²) >= 11 is 0. The zero-order valence-corrected chi connectivity index (χ0v) is 29.7. The van der Waals surface area contributed by atoms with Crippen LogP contribution in [0, 0.1) is 5.41 Å². The highest BCUT2D eigenvalue weighted by Gasteiger charge is 2.32. The van der Waals surface area contributed by atoms with Crippen molar-refractivity contribution in [3.63, 3.8) is 0 Å². The molecule has 0 saturated carbocycles. The SMILES string of the molecule is CC[NH+](CC)CC.N=c1ccc2c(-c3ccccc3C(=O)[O-])c3ccc(N)c(S(=O)(=O)NCCCCCC(=O)ON4C(=O)CCC4=O)c3oc-2c1. The maximum absolute atomic E-state index is 13.6. The van der Waals surface area contributed by atoms with Crippen molar-refractivity contribution >= 4 is 50.4 Å². The van der Waals surface area contributed by atoms with E-state index in [4.69, 9.17) is 20.4 Å². The van der Waals surface area contributed by atoms with Crippen molar-refractivity contribution in [3.05, 3.63) is 65.5 Å². The molecular formula is C36H43N5O9S. The summed E-state index contributed by atoms with van der Waals surface area (Å²) in [6, 6.07) is 13.6. The molecule has 15 heteroatoms. The minimum Gasteiger partial charge on any atom is -0.545 e. The number of imide groups is 1. The monoisotopic (exact) mass is 721 g/mol. The number of carboxylic acid groups (broad SMARTS) is 1. The van der Waals surface area contributed by atoms with Gasteiger partial charge >= 0.3 is 5.97 Å². The molecule has 0 aromatic heterocycles. The van der Waals surface area contributed by atoms with E-state index in [0.717, 1.165) is 0 Å². The number of hydrogen-bond acceptors (Lipinski definition) is 11. The van der Waals surface area contributed by atoms with Crippen LogP contribution in [0.4, 0.5) is 5.69 Å². The van der Waals surface area contributed by atoms with Crippen LogP contribution in [0.15, 0.2) is 63.9 Å². The summed E-state index contributed by atoms with van der Waals surface area (Å²) in [5.41, 5.74) is 6.93. The van der Waals surface area contributed by atoms with Gasteiger partial charge in [0.15, 0.2) is 5.58 Å². The van der Waals surface area contributed by atoms with Crippen LogP contribution in [0.25, 0.3) is 33.4 Å². The highest BCUT2D eigenvalue weighted by molar-refractivity contribution is 7.89. The number of carbonyl (C=O) groups is 4. The first-order chi connectivity index (χ1) is 24.3. The molecule has 2 amide bonds.